The van der Waals surface area contributed by atoms with E-state index in [1.807, 2.05) is 19.1 Å². The molecule has 0 radical (unpaired) electrons. The number of nitrogens with one attached hydrogen (secondary N) is 1. The van der Waals surface area contributed by atoms with Gasteiger partial charge in [0.25, 0.3) is 5.91 Å². The van der Waals surface area contributed by atoms with Crippen LogP contribution in [0.3, 0.4) is 0 Å². The van der Waals surface area contributed by atoms with E-state index < -0.39 is 0 Å². The van der Waals surface area contributed by atoms with Crippen molar-refractivity contribution in [2.45, 2.75) is 26.3 Å². The maximum Gasteiger partial charge on any atom is 0.251 e. The summed E-state index contributed by atoms with van der Waals surface area (Å²) in [7, 11) is 0. The van der Waals surface area contributed by atoms with Crippen LogP contribution in [0, 0.1) is 0 Å². The lowest BCUT2D eigenvalue weighted by atomic mass is 10.0. The molecule has 1 heterocycles. The van der Waals surface area contributed by atoms with Gasteiger partial charge in [-0.3, -0.25) is 4.79 Å². The van der Waals surface area contributed by atoms with Crippen LogP contribution in [-0.4, -0.2) is 20.7 Å². The molecule has 2 aromatic carbocycles. The fraction of sp³-hybridized carbons (Fsp3) is 0.211. The highest BCUT2D eigenvalue weighted by Gasteiger charge is 2.11. The molecule has 3 aromatic rings. The standard InChI is InChI=1S/C19H20N4O/c1-3-15-4-6-16(7-5-15)14(2)22-19(24)17-8-10-18(11-9-17)23-13-20-12-21-23/h4-14H,3H2,1-2H3,(H,22,24). The van der Waals surface area contributed by atoms with Crippen LogP contribution in [0.2, 0.25) is 0 Å². The zero-order chi connectivity index (χ0) is 16.9. The number of aromatic nitrogens is 3. The van der Waals surface area contributed by atoms with Gasteiger partial charge >= 0.3 is 0 Å². The summed E-state index contributed by atoms with van der Waals surface area (Å²) in [5.41, 5.74) is 3.88. The van der Waals surface area contributed by atoms with E-state index in [9.17, 15) is 4.79 Å². The van der Waals surface area contributed by atoms with Crippen molar-refractivity contribution in [2.24, 2.45) is 0 Å². The van der Waals surface area contributed by atoms with E-state index in [0.29, 0.717) is 5.56 Å². The number of amides is 1. The Morgan fingerprint density at radius 3 is 2.42 bits per heavy atom. The second-order valence-electron chi connectivity index (χ2n) is 5.68. The lowest BCUT2D eigenvalue weighted by molar-refractivity contribution is 0.0940. The van der Waals surface area contributed by atoms with E-state index in [-0.39, 0.29) is 11.9 Å². The molecule has 0 saturated heterocycles. The lowest BCUT2D eigenvalue weighted by Gasteiger charge is -2.15. The molecule has 5 heteroatoms. The van der Waals surface area contributed by atoms with Gasteiger partial charge in [0.1, 0.15) is 12.7 Å². The van der Waals surface area contributed by atoms with E-state index in [2.05, 4.69) is 46.6 Å². The summed E-state index contributed by atoms with van der Waals surface area (Å²) in [6, 6.07) is 15.6. The molecule has 122 valence electrons. The van der Waals surface area contributed by atoms with Gasteiger partial charge in [-0.05, 0) is 48.7 Å². The number of carbonyl (C=O) groups excluding carboxylic acids is 1. The van der Waals surface area contributed by atoms with Gasteiger partial charge in [-0.25, -0.2) is 9.67 Å². The Hall–Kier alpha value is -2.95. The van der Waals surface area contributed by atoms with Gasteiger partial charge in [-0.15, -0.1) is 0 Å². The van der Waals surface area contributed by atoms with Crippen molar-refractivity contribution in [1.29, 1.82) is 0 Å². The van der Waals surface area contributed by atoms with Crippen molar-refractivity contribution in [2.75, 3.05) is 0 Å². The van der Waals surface area contributed by atoms with Crippen LogP contribution in [0.25, 0.3) is 5.69 Å². The molecular formula is C19H20N4O. The molecule has 24 heavy (non-hydrogen) atoms. The summed E-state index contributed by atoms with van der Waals surface area (Å²) in [5.74, 6) is -0.0905. The molecule has 1 amide bonds. The minimum absolute atomic E-state index is 0.0431. The largest absolute Gasteiger partial charge is 0.346 e. The first-order valence-corrected chi connectivity index (χ1v) is 8.02. The van der Waals surface area contributed by atoms with Gasteiger partial charge in [0.2, 0.25) is 0 Å². The molecule has 0 aliphatic carbocycles. The van der Waals surface area contributed by atoms with Gasteiger partial charge in [0.15, 0.2) is 0 Å². The first kappa shape index (κ1) is 15.9. The van der Waals surface area contributed by atoms with Crippen LogP contribution in [0.1, 0.15) is 41.4 Å². The Kier molecular flexibility index (Phi) is 4.70. The highest BCUT2D eigenvalue weighted by atomic mass is 16.1. The number of hydrogen-bond acceptors (Lipinski definition) is 3. The SMILES string of the molecule is CCc1ccc(C(C)NC(=O)c2ccc(-n3cncn3)cc2)cc1. The predicted octanol–water partition coefficient (Wildman–Crippen LogP) is 3.32. The predicted molar refractivity (Wildman–Crippen MR) is 93.1 cm³/mol. The highest BCUT2D eigenvalue weighted by Crippen LogP contribution is 2.15. The Morgan fingerprint density at radius 1 is 1.12 bits per heavy atom. The number of carbonyl (C=O) groups is 1. The number of nitrogens with zero attached hydrogens (tertiary/aromatic N) is 3. The van der Waals surface area contributed by atoms with Gasteiger partial charge in [-0.1, -0.05) is 31.2 Å². The molecule has 1 unspecified atom stereocenters. The Morgan fingerprint density at radius 2 is 1.83 bits per heavy atom. The molecule has 1 atom stereocenters. The molecule has 3 rings (SSSR count). The lowest BCUT2D eigenvalue weighted by Crippen LogP contribution is -2.26. The zero-order valence-electron chi connectivity index (χ0n) is 13.8. The summed E-state index contributed by atoms with van der Waals surface area (Å²) >= 11 is 0. The third-order valence-corrected chi connectivity index (χ3v) is 4.05. The first-order chi connectivity index (χ1) is 11.7. The highest BCUT2D eigenvalue weighted by molar-refractivity contribution is 5.94. The minimum atomic E-state index is -0.0905. The first-order valence-electron chi connectivity index (χ1n) is 8.02. The molecule has 1 N–H and O–H groups in total. The fourth-order valence-corrected chi connectivity index (χ4v) is 2.51. The van der Waals surface area contributed by atoms with Gasteiger partial charge < -0.3 is 5.32 Å². The average molecular weight is 320 g/mol. The van der Waals surface area contributed by atoms with Crippen molar-refractivity contribution in [3.8, 4) is 5.69 Å². The number of benzene rings is 2. The topological polar surface area (TPSA) is 59.8 Å². The van der Waals surface area contributed by atoms with E-state index >= 15 is 0 Å². The van der Waals surface area contributed by atoms with Crippen molar-refractivity contribution in [1.82, 2.24) is 20.1 Å². The van der Waals surface area contributed by atoms with E-state index in [1.54, 1.807) is 23.1 Å². The Balaban J connectivity index is 1.67. The van der Waals surface area contributed by atoms with Gasteiger partial charge in [-0.2, -0.15) is 5.10 Å². The zero-order valence-corrected chi connectivity index (χ0v) is 13.8. The second kappa shape index (κ2) is 7.08. The summed E-state index contributed by atoms with van der Waals surface area (Å²) < 4.78 is 1.65. The van der Waals surface area contributed by atoms with Crippen molar-refractivity contribution in [3.05, 3.63) is 77.9 Å². The normalized spacial score (nSPS) is 11.9. The number of rotatable bonds is 5. The Bertz CT molecular complexity index is 792. The molecule has 5 nitrogen and oxygen atoms in total. The van der Waals surface area contributed by atoms with E-state index in [1.165, 1.54) is 11.9 Å². The summed E-state index contributed by atoms with van der Waals surface area (Å²) in [6.45, 7) is 4.12. The summed E-state index contributed by atoms with van der Waals surface area (Å²) in [4.78, 5) is 16.3. The van der Waals surface area contributed by atoms with Gasteiger partial charge in [0, 0.05) is 5.56 Å². The minimum Gasteiger partial charge on any atom is -0.346 e. The summed E-state index contributed by atoms with van der Waals surface area (Å²) in [6.07, 6.45) is 4.11. The summed E-state index contributed by atoms with van der Waals surface area (Å²) in [5, 5.41) is 7.10. The number of hydrogen-bond donors (Lipinski definition) is 1. The molecule has 1 aromatic heterocycles. The van der Waals surface area contributed by atoms with Crippen molar-refractivity contribution >= 4 is 5.91 Å². The van der Waals surface area contributed by atoms with Crippen LogP contribution < -0.4 is 5.32 Å². The molecule has 0 aliphatic rings. The molecule has 0 bridgehead atoms. The average Bonchev–Trinajstić information content (AvgIpc) is 3.16. The Labute approximate surface area is 141 Å². The van der Waals surface area contributed by atoms with E-state index in [0.717, 1.165) is 17.7 Å². The van der Waals surface area contributed by atoms with Crippen LogP contribution in [0.4, 0.5) is 0 Å². The molecular weight excluding hydrogens is 300 g/mol. The molecule has 0 saturated carbocycles. The van der Waals surface area contributed by atoms with E-state index in [4.69, 9.17) is 0 Å². The maximum atomic E-state index is 12.4. The third kappa shape index (κ3) is 3.51. The quantitative estimate of drug-likeness (QED) is 0.784. The second-order valence-corrected chi connectivity index (χ2v) is 5.68. The fourth-order valence-electron chi connectivity index (χ4n) is 2.51. The van der Waals surface area contributed by atoms with Crippen LogP contribution in [0.5, 0.6) is 0 Å². The monoisotopic (exact) mass is 320 g/mol. The van der Waals surface area contributed by atoms with Gasteiger partial charge in [0.05, 0.1) is 11.7 Å². The van der Waals surface area contributed by atoms with Crippen molar-refractivity contribution < 1.29 is 4.79 Å². The third-order valence-electron chi connectivity index (χ3n) is 4.05. The molecule has 0 aliphatic heterocycles. The van der Waals surface area contributed by atoms with Crippen LogP contribution in [0.15, 0.2) is 61.2 Å². The van der Waals surface area contributed by atoms with Crippen molar-refractivity contribution in [3.63, 3.8) is 0 Å². The smallest absolute Gasteiger partial charge is 0.251 e. The maximum absolute atomic E-state index is 12.4. The van der Waals surface area contributed by atoms with Crippen LogP contribution in [-0.2, 0) is 6.42 Å². The molecule has 0 spiro atoms. The molecule has 0 fully saturated rings. The number of aryl methyl sites for hydroxylation is 1. The van der Waals surface area contributed by atoms with Crippen LogP contribution >= 0.6 is 0 Å².